The highest BCUT2D eigenvalue weighted by molar-refractivity contribution is 9.09. The SMILES string of the molecule is CCC(CC)N(CCBr)S(=O)(=O)CCc1ccncc1. The Morgan fingerprint density at radius 3 is 2.35 bits per heavy atom. The van der Waals surface area contributed by atoms with Gasteiger partial charge in [0, 0.05) is 30.3 Å². The zero-order valence-corrected chi connectivity index (χ0v) is 14.5. The molecule has 0 amide bonds. The lowest BCUT2D eigenvalue weighted by Crippen LogP contribution is -2.42. The molecule has 0 bridgehead atoms. The largest absolute Gasteiger partial charge is 0.265 e. The van der Waals surface area contributed by atoms with Crippen molar-refractivity contribution < 1.29 is 8.42 Å². The second-order valence-electron chi connectivity index (χ2n) is 4.69. The van der Waals surface area contributed by atoms with E-state index in [0.29, 0.717) is 18.3 Å². The van der Waals surface area contributed by atoms with Gasteiger partial charge in [0.15, 0.2) is 0 Å². The van der Waals surface area contributed by atoms with Gasteiger partial charge in [0.05, 0.1) is 5.75 Å². The predicted molar refractivity (Wildman–Crippen MR) is 86.6 cm³/mol. The van der Waals surface area contributed by atoms with Crippen LogP contribution in [0.4, 0.5) is 0 Å². The van der Waals surface area contributed by atoms with E-state index in [-0.39, 0.29) is 11.8 Å². The number of nitrogens with zero attached hydrogens (tertiary/aromatic N) is 2. The lowest BCUT2D eigenvalue weighted by Gasteiger charge is -2.29. The van der Waals surface area contributed by atoms with E-state index in [1.165, 1.54) is 0 Å². The maximum atomic E-state index is 12.5. The highest BCUT2D eigenvalue weighted by Gasteiger charge is 2.27. The molecule has 0 aliphatic carbocycles. The van der Waals surface area contributed by atoms with Gasteiger partial charge in [0.1, 0.15) is 0 Å². The molecule has 0 saturated heterocycles. The van der Waals surface area contributed by atoms with Gasteiger partial charge >= 0.3 is 0 Å². The van der Waals surface area contributed by atoms with Crippen LogP contribution >= 0.6 is 15.9 Å². The van der Waals surface area contributed by atoms with Crippen molar-refractivity contribution in [1.29, 1.82) is 0 Å². The van der Waals surface area contributed by atoms with E-state index in [0.717, 1.165) is 18.4 Å². The maximum absolute atomic E-state index is 12.5. The molecule has 0 fully saturated rings. The van der Waals surface area contributed by atoms with Crippen molar-refractivity contribution in [2.45, 2.75) is 39.2 Å². The Bertz CT molecular complexity index is 475. The number of hydrogen-bond acceptors (Lipinski definition) is 3. The summed E-state index contributed by atoms with van der Waals surface area (Å²) in [4.78, 5) is 3.94. The number of halogens is 1. The molecule has 20 heavy (non-hydrogen) atoms. The standard InChI is InChI=1S/C14H23BrN2O2S/c1-3-14(4-2)17(11-8-15)20(18,19)12-7-13-5-9-16-10-6-13/h5-6,9-10,14H,3-4,7-8,11-12H2,1-2H3. The molecule has 0 saturated carbocycles. The Kier molecular flexibility index (Phi) is 7.69. The molecule has 0 atom stereocenters. The van der Waals surface area contributed by atoms with Crippen LogP contribution in [0.25, 0.3) is 0 Å². The Hall–Kier alpha value is -0.460. The second-order valence-corrected chi connectivity index (χ2v) is 7.53. The van der Waals surface area contributed by atoms with Crippen molar-refractivity contribution in [1.82, 2.24) is 9.29 Å². The fourth-order valence-corrected chi connectivity index (χ4v) is 4.71. The molecule has 1 aromatic rings. The second kappa shape index (κ2) is 8.74. The molecule has 1 aromatic heterocycles. The first-order valence-electron chi connectivity index (χ1n) is 6.99. The molecule has 0 radical (unpaired) electrons. The average Bonchev–Trinajstić information content (AvgIpc) is 2.46. The smallest absolute Gasteiger partial charge is 0.214 e. The van der Waals surface area contributed by atoms with E-state index in [1.54, 1.807) is 16.7 Å². The molecule has 114 valence electrons. The first kappa shape index (κ1) is 17.6. The highest BCUT2D eigenvalue weighted by atomic mass is 79.9. The van der Waals surface area contributed by atoms with E-state index < -0.39 is 10.0 Å². The van der Waals surface area contributed by atoms with Gasteiger partial charge in [0.25, 0.3) is 0 Å². The Balaban J connectivity index is 2.77. The van der Waals surface area contributed by atoms with Crippen LogP contribution in [-0.2, 0) is 16.4 Å². The monoisotopic (exact) mass is 362 g/mol. The number of pyridine rings is 1. The third kappa shape index (κ3) is 5.14. The number of hydrogen-bond donors (Lipinski definition) is 0. The summed E-state index contributed by atoms with van der Waals surface area (Å²) in [5.74, 6) is 0.153. The highest BCUT2D eigenvalue weighted by Crippen LogP contribution is 2.16. The first-order valence-corrected chi connectivity index (χ1v) is 9.72. The molecule has 0 aliphatic heterocycles. The van der Waals surface area contributed by atoms with E-state index in [4.69, 9.17) is 0 Å². The van der Waals surface area contributed by atoms with Crippen molar-refractivity contribution in [2.75, 3.05) is 17.6 Å². The molecule has 0 unspecified atom stereocenters. The predicted octanol–water partition coefficient (Wildman–Crippen LogP) is 2.84. The minimum Gasteiger partial charge on any atom is -0.265 e. The van der Waals surface area contributed by atoms with E-state index in [9.17, 15) is 8.42 Å². The van der Waals surface area contributed by atoms with Gasteiger partial charge in [-0.15, -0.1) is 0 Å². The van der Waals surface area contributed by atoms with Crippen LogP contribution in [0, 0.1) is 0 Å². The van der Waals surface area contributed by atoms with Gasteiger partial charge in [-0.05, 0) is 37.0 Å². The van der Waals surface area contributed by atoms with E-state index in [2.05, 4.69) is 20.9 Å². The molecule has 1 heterocycles. The van der Waals surface area contributed by atoms with Crippen molar-refractivity contribution in [3.05, 3.63) is 30.1 Å². The van der Waals surface area contributed by atoms with Crippen LogP contribution in [0.5, 0.6) is 0 Å². The molecular formula is C14H23BrN2O2S. The summed E-state index contributed by atoms with van der Waals surface area (Å²) < 4.78 is 26.7. The normalized spacial score (nSPS) is 12.2. The Morgan fingerprint density at radius 2 is 1.85 bits per heavy atom. The maximum Gasteiger partial charge on any atom is 0.214 e. The first-order chi connectivity index (χ1) is 9.55. The van der Waals surface area contributed by atoms with Crippen LogP contribution < -0.4 is 0 Å². The van der Waals surface area contributed by atoms with Gasteiger partial charge in [0.2, 0.25) is 10.0 Å². The number of aryl methyl sites for hydroxylation is 1. The van der Waals surface area contributed by atoms with Gasteiger partial charge in [-0.1, -0.05) is 29.8 Å². The zero-order valence-electron chi connectivity index (χ0n) is 12.1. The molecule has 4 nitrogen and oxygen atoms in total. The lowest BCUT2D eigenvalue weighted by atomic mass is 10.2. The van der Waals surface area contributed by atoms with E-state index >= 15 is 0 Å². The van der Waals surface area contributed by atoms with Gasteiger partial charge in [-0.3, -0.25) is 4.98 Å². The average molecular weight is 363 g/mol. The van der Waals surface area contributed by atoms with Gasteiger partial charge in [-0.25, -0.2) is 8.42 Å². The minimum absolute atomic E-state index is 0.0926. The fourth-order valence-electron chi connectivity index (χ4n) is 2.24. The summed E-state index contributed by atoms with van der Waals surface area (Å²) in [7, 11) is -3.22. The van der Waals surface area contributed by atoms with Crippen LogP contribution in [0.3, 0.4) is 0 Å². The Labute approximate surface area is 130 Å². The lowest BCUT2D eigenvalue weighted by molar-refractivity contribution is 0.317. The minimum atomic E-state index is -3.22. The third-order valence-electron chi connectivity index (χ3n) is 3.41. The van der Waals surface area contributed by atoms with Crippen LogP contribution in [0.2, 0.25) is 0 Å². The summed E-state index contributed by atoms with van der Waals surface area (Å²) in [6.45, 7) is 4.60. The van der Waals surface area contributed by atoms with Gasteiger partial charge in [-0.2, -0.15) is 4.31 Å². The fraction of sp³-hybridized carbons (Fsp3) is 0.643. The molecule has 0 N–H and O–H groups in total. The number of rotatable bonds is 9. The van der Waals surface area contributed by atoms with Gasteiger partial charge < -0.3 is 0 Å². The molecule has 0 aliphatic rings. The topological polar surface area (TPSA) is 50.3 Å². The molecule has 0 spiro atoms. The summed E-state index contributed by atoms with van der Waals surface area (Å²) >= 11 is 3.35. The number of alkyl halides is 1. The van der Waals surface area contributed by atoms with E-state index in [1.807, 2.05) is 26.0 Å². The third-order valence-corrected chi connectivity index (χ3v) is 5.68. The molecule has 6 heteroatoms. The quantitative estimate of drug-likeness (QED) is 0.634. The summed E-state index contributed by atoms with van der Waals surface area (Å²) in [6, 6.07) is 3.82. The van der Waals surface area contributed by atoms with Crippen LogP contribution in [0.15, 0.2) is 24.5 Å². The molecule has 0 aromatic carbocycles. The number of sulfonamides is 1. The number of aromatic nitrogens is 1. The van der Waals surface area contributed by atoms with Crippen LogP contribution in [-0.4, -0.2) is 41.4 Å². The van der Waals surface area contributed by atoms with Crippen molar-refractivity contribution in [3.63, 3.8) is 0 Å². The van der Waals surface area contributed by atoms with Crippen molar-refractivity contribution in [2.24, 2.45) is 0 Å². The zero-order chi connectivity index (χ0) is 15.0. The Morgan fingerprint density at radius 1 is 1.25 bits per heavy atom. The van der Waals surface area contributed by atoms with Crippen LogP contribution in [0.1, 0.15) is 32.3 Å². The summed E-state index contributed by atoms with van der Waals surface area (Å²) in [5, 5.41) is 0.665. The molecule has 1 rings (SSSR count). The molecular weight excluding hydrogens is 340 g/mol. The van der Waals surface area contributed by atoms with Crippen molar-refractivity contribution in [3.8, 4) is 0 Å². The summed E-state index contributed by atoms with van der Waals surface area (Å²) in [6.07, 6.45) is 5.61. The van der Waals surface area contributed by atoms with Crippen molar-refractivity contribution >= 4 is 26.0 Å². The summed E-state index contributed by atoms with van der Waals surface area (Å²) in [5.41, 5.74) is 1.01.